The molecule has 0 radical (unpaired) electrons. The van der Waals surface area contributed by atoms with Gasteiger partial charge in [0.05, 0.1) is 12.6 Å². The number of nitrogens with one attached hydrogen (secondary N) is 1. The van der Waals surface area contributed by atoms with Crippen LogP contribution in [0.1, 0.15) is 11.1 Å². The van der Waals surface area contributed by atoms with Crippen LogP contribution in [-0.2, 0) is 0 Å². The van der Waals surface area contributed by atoms with E-state index >= 15 is 0 Å². The summed E-state index contributed by atoms with van der Waals surface area (Å²) < 4.78 is 7.20. The van der Waals surface area contributed by atoms with Crippen LogP contribution in [0.2, 0.25) is 0 Å². The second-order valence-corrected chi connectivity index (χ2v) is 6.88. The average Bonchev–Trinajstić information content (AvgIpc) is 3.10. The number of methoxy groups -OCH3 is 1. The molecular formula is C24H22N2O2. The quantitative estimate of drug-likeness (QED) is 0.480. The monoisotopic (exact) mass is 370 g/mol. The second kappa shape index (κ2) is 7.24. The van der Waals surface area contributed by atoms with Crippen molar-refractivity contribution in [1.29, 1.82) is 0 Å². The van der Waals surface area contributed by atoms with E-state index in [1.54, 1.807) is 11.7 Å². The van der Waals surface area contributed by atoms with Crippen LogP contribution in [0.5, 0.6) is 5.75 Å². The molecule has 0 unspecified atom stereocenters. The number of carbonyl (C=O) groups excluding carboxylic acids is 1. The standard InChI is InChI=1S/C24H22N2O2/c1-16-11-13-18(14-12-16)25-24(27)26-15-21(19-8-5-4-7-17(19)2)20-9-6-10-22(28-3)23(20)26/h4-15H,1-3H3,(H,25,27). The third-order valence-electron chi connectivity index (χ3n) is 4.97. The number of amides is 1. The molecule has 0 aliphatic carbocycles. The Morgan fingerprint density at radius 3 is 2.36 bits per heavy atom. The highest BCUT2D eigenvalue weighted by Crippen LogP contribution is 2.36. The summed E-state index contributed by atoms with van der Waals surface area (Å²) >= 11 is 0. The Morgan fingerprint density at radius 2 is 1.64 bits per heavy atom. The number of benzene rings is 3. The van der Waals surface area contributed by atoms with Crippen LogP contribution >= 0.6 is 0 Å². The lowest BCUT2D eigenvalue weighted by atomic mass is 10.0. The molecule has 0 bridgehead atoms. The highest BCUT2D eigenvalue weighted by molar-refractivity contribution is 6.07. The fraction of sp³-hybridized carbons (Fsp3) is 0.125. The number of hydrogen-bond donors (Lipinski definition) is 1. The first-order valence-electron chi connectivity index (χ1n) is 9.20. The summed E-state index contributed by atoms with van der Waals surface area (Å²) in [5, 5.41) is 3.96. The summed E-state index contributed by atoms with van der Waals surface area (Å²) in [5.74, 6) is 0.663. The Bertz CT molecular complexity index is 1160. The van der Waals surface area contributed by atoms with Gasteiger partial charge in [0.2, 0.25) is 0 Å². The normalized spacial score (nSPS) is 10.8. The van der Waals surface area contributed by atoms with Gasteiger partial charge in [-0.05, 0) is 43.2 Å². The van der Waals surface area contributed by atoms with E-state index in [4.69, 9.17) is 4.74 Å². The van der Waals surface area contributed by atoms with Crippen LogP contribution in [0, 0.1) is 13.8 Å². The van der Waals surface area contributed by atoms with Gasteiger partial charge in [-0.2, -0.15) is 0 Å². The minimum atomic E-state index is -0.224. The van der Waals surface area contributed by atoms with E-state index in [1.165, 1.54) is 0 Å². The van der Waals surface area contributed by atoms with Crippen molar-refractivity contribution in [2.45, 2.75) is 13.8 Å². The molecule has 1 aromatic heterocycles. The summed E-state index contributed by atoms with van der Waals surface area (Å²) in [4.78, 5) is 13.1. The molecule has 4 heteroatoms. The Balaban J connectivity index is 1.87. The molecule has 0 spiro atoms. The van der Waals surface area contributed by atoms with E-state index in [0.717, 1.165) is 38.8 Å². The number of para-hydroxylation sites is 1. The van der Waals surface area contributed by atoms with Crippen molar-refractivity contribution in [2.75, 3.05) is 12.4 Å². The van der Waals surface area contributed by atoms with Gasteiger partial charge in [0.15, 0.2) is 0 Å². The zero-order valence-corrected chi connectivity index (χ0v) is 16.2. The number of carbonyl (C=O) groups is 1. The van der Waals surface area contributed by atoms with Crippen molar-refractivity contribution < 1.29 is 9.53 Å². The Kier molecular flexibility index (Phi) is 4.62. The van der Waals surface area contributed by atoms with Crippen molar-refractivity contribution in [3.05, 3.63) is 84.1 Å². The number of anilines is 1. The van der Waals surface area contributed by atoms with Crippen molar-refractivity contribution in [1.82, 2.24) is 4.57 Å². The highest BCUT2D eigenvalue weighted by Gasteiger charge is 2.19. The second-order valence-electron chi connectivity index (χ2n) is 6.88. The zero-order valence-electron chi connectivity index (χ0n) is 16.2. The molecule has 0 saturated heterocycles. The Morgan fingerprint density at radius 1 is 0.893 bits per heavy atom. The molecule has 4 nitrogen and oxygen atoms in total. The minimum absolute atomic E-state index is 0.224. The van der Waals surface area contributed by atoms with Gasteiger partial charge in [-0.25, -0.2) is 4.79 Å². The molecule has 0 fully saturated rings. The summed E-state index contributed by atoms with van der Waals surface area (Å²) in [7, 11) is 1.62. The smallest absolute Gasteiger partial charge is 0.330 e. The van der Waals surface area contributed by atoms with E-state index in [2.05, 4.69) is 24.4 Å². The molecule has 1 amide bonds. The zero-order chi connectivity index (χ0) is 19.7. The Hall–Kier alpha value is -3.53. The number of aromatic nitrogens is 1. The lowest BCUT2D eigenvalue weighted by molar-refractivity contribution is 0.254. The van der Waals surface area contributed by atoms with Crippen LogP contribution in [0.4, 0.5) is 10.5 Å². The first kappa shape index (κ1) is 17.9. The number of nitrogens with zero attached hydrogens (tertiary/aromatic N) is 1. The number of hydrogen-bond acceptors (Lipinski definition) is 2. The Labute approximate surface area is 164 Å². The number of fused-ring (bicyclic) bond motifs is 1. The largest absolute Gasteiger partial charge is 0.495 e. The SMILES string of the molecule is COc1cccc2c(-c3ccccc3C)cn(C(=O)Nc3ccc(C)cc3)c12. The minimum Gasteiger partial charge on any atom is -0.495 e. The number of ether oxygens (including phenoxy) is 1. The average molecular weight is 370 g/mol. The first-order chi connectivity index (χ1) is 13.6. The third kappa shape index (κ3) is 3.14. The fourth-order valence-corrected chi connectivity index (χ4v) is 3.49. The van der Waals surface area contributed by atoms with E-state index in [9.17, 15) is 4.79 Å². The third-order valence-corrected chi connectivity index (χ3v) is 4.97. The van der Waals surface area contributed by atoms with Gasteiger partial charge < -0.3 is 10.1 Å². The lowest BCUT2D eigenvalue weighted by Crippen LogP contribution is -2.18. The predicted octanol–water partition coefficient (Wildman–Crippen LogP) is 6.01. The number of rotatable bonds is 3. The summed E-state index contributed by atoms with van der Waals surface area (Å²) in [6.07, 6.45) is 1.89. The molecule has 0 saturated carbocycles. The van der Waals surface area contributed by atoms with Crippen molar-refractivity contribution in [2.24, 2.45) is 0 Å². The summed E-state index contributed by atoms with van der Waals surface area (Å²) in [6.45, 7) is 4.09. The van der Waals surface area contributed by atoms with Crippen LogP contribution in [-0.4, -0.2) is 17.7 Å². The van der Waals surface area contributed by atoms with Gasteiger partial charge in [0, 0.05) is 22.8 Å². The maximum atomic E-state index is 13.1. The van der Waals surface area contributed by atoms with E-state index < -0.39 is 0 Å². The van der Waals surface area contributed by atoms with Gasteiger partial charge in [-0.3, -0.25) is 4.57 Å². The summed E-state index contributed by atoms with van der Waals surface area (Å²) in [5.41, 5.74) is 5.92. The van der Waals surface area contributed by atoms with Gasteiger partial charge in [-0.1, -0.05) is 54.1 Å². The van der Waals surface area contributed by atoms with Crippen molar-refractivity contribution in [3.63, 3.8) is 0 Å². The molecule has 4 rings (SSSR count). The maximum absolute atomic E-state index is 13.1. The molecule has 1 heterocycles. The maximum Gasteiger partial charge on any atom is 0.330 e. The van der Waals surface area contributed by atoms with Crippen LogP contribution < -0.4 is 10.1 Å². The van der Waals surface area contributed by atoms with Crippen LogP contribution in [0.15, 0.2) is 72.9 Å². The molecule has 0 atom stereocenters. The molecule has 0 aliphatic rings. The summed E-state index contributed by atoms with van der Waals surface area (Å²) in [6, 6.07) is 21.6. The molecule has 140 valence electrons. The first-order valence-corrected chi connectivity index (χ1v) is 9.20. The van der Waals surface area contributed by atoms with Gasteiger partial charge in [0.25, 0.3) is 0 Å². The predicted molar refractivity (Wildman–Crippen MR) is 114 cm³/mol. The molecule has 28 heavy (non-hydrogen) atoms. The van der Waals surface area contributed by atoms with Crippen molar-refractivity contribution >= 4 is 22.6 Å². The van der Waals surface area contributed by atoms with Gasteiger partial charge in [-0.15, -0.1) is 0 Å². The molecule has 0 aliphatic heterocycles. The van der Waals surface area contributed by atoms with E-state index in [0.29, 0.717) is 5.75 Å². The van der Waals surface area contributed by atoms with Gasteiger partial charge in [0.1, 0.15) is 5.75 Å². The molecule has 4 aromatic rings. The lowest BCUT2D eigenvalue weighted by Gasteiger charge is -2.09. The van der Waals surface area contributed by atoms with E-state index in [1.807, 2.05) is 67.7 Å². The topological polar surface area (TPSA) is 43.3 Å². The molecule has 1 N–H and O–H groups in total. The fourth-order valence-electron chi connectivity index (χ4n) is 3.49. The van der Waals surface area contributed by atoms with Crippen LogP contribution in [0.25, 0.3) is 22.0 Å². The van der Waals surface area contributed by atoms with Crippen LogP contribution in [0.3, 0.4) is 0 Å². The molecular weight excluding hydrogens is 348 g/mol. The number of aryl methyl sites for hydroxylation is 2. The van der Waals surface area contributed by atoms with Crippen molar-refractivity contribution in [3.8, 4) is 16.9 Å². The van der Waals surface area contributed by atoms with E-state index in [-0.39, 0.29) is 6.03 Å². The van der Waals surface area contributed by atoms with Gasteiger partial charge >= 0.3 is 6.03 Å². The highest BCUT2D eigenvalue weighted by atomic mass is 16.5. The molecule has 3 aromatic carbocycles.